The van der Waals surface area contributed by atoms with Crippen LogP contribution in [0, 0.1) is 5.92 Å². The molecule has 0 radical (unpaired) electrons. The highest BCUT2D eigenvalue weighted by atomic mass is 15.3. The van der Waals surface area contributed by atoms with Crippen LogP contribution >= 0.6 is 0 Å². The largest absolute Gasteiger partial charge is 0.322 e. The summed E-state index contributed by atoms with van der Waals surface area (Å²) in [7, 11) is 0. The summed E-state index contributed by atoms with van der Waals surface area (Å²) in [5.74, 6) is 11.3. The molecule has 1 unspecified atom stereocenters. The highest BCUT2D eigenvalue weighted by Gasteiger charge is 2.19. The van der Waals surface area contributed by atoms with E-state index in [1.165, 1.54) is 0 Å². The second-order valence-corrected chi connectivity index (χ2v) is 2.35. The van der Waals surface area contributed by atoms with E-state index in [9.17, 15) is 0 Å². The minimum absolute atomic E-state index is 0.370. The van der Waals surface area contributed by atoms with Gasteiger partial charge < -0.3 is 16.6 Å². The summed E-state index contributed by atoms with van der Waals surface area (Å²) in [6.45, 7) is 1.94. The quantitative estimate of drug-likeness (QED) is 0.153. The fourth-order valence-electron chi connectivity index (χ4n) is 1.15. The second kappa shape index (κ2) is 3.38. The third kappa shape index (κ3) is 1.37. The van der Waals surface area contributed by atoms with Crippen molar-refractivity contribution in [1.29, 1.82) is 0 Å². The normalized spacial score (nSPS) is 26.9. The summed E-state index contributed by atoms with van der Waals surface area (Å²) in [5.41, 5.74) is 2.48. The number of hydrogen-bond acceptors (Lipinski definition) is 4. The van der Waals surface area contributed by atoms with Crippen molar-refractivity contribution < 1.29 is 0 Å². The molecular weight excluding hydrogens is 130 g/mol. The van der Waals surface area contributed by atoms with Crippen LogP contribution in [0.4, 0.5) is 0 Å². The first-order valence-corrected chi connectivity index (χ1v) is 3.33. The smallest absolute Gasteiger partial charge is 0.140 e. The van der Waals surface area contributed by atoms with Crippen LogP contribution in [-0.2, 0) is 0 Å². The molecule has 1 aliphatic rings. The molecule has 6 N–H and O–H groups in total. The zero-order valence-electron chi connectivity index (χ0n) is 5.80. The highest BCUT2D eigenvalue weighted by Crippen LogP contribution is 2.06. The van der Waals surface area contributed by atoms with Crippen LogP contribution in [0.2, 0.25) is 0 Å². The topological polar surface area (TPSA) is 88.5 Å². The summed E-state index contributed by atoms with van der Waals surface area (Å²) in [4.78, 5) is 0. The fourth-order valence-corrected chi connectivity index (χ4v) is 1.15. The lowest BCUT2D eigenvalue weighted by atomic mass is 10.1. The molecule has 0 spiro atoms. The Morgan fingerprint density at radius 1 is 1.70 bits per heavy atom. The van der Waals surface area contributed by atoms with Crippen molar-refractivity contribution in [2.75, 3.05) is 13.1 Å². The Bertz CT molecular complexity index is 126. The first kappa shape index (κ1) is 7.30. The Morgan fingerprint density at radius 2 is 2.50 bits per heavy atom. The SMILES string of the molecule is N/N=C(\NN)C1CCNC1. The number of nitrogens with one attached hydrogen (secondary N) is 2. The van der Waals surface area contributed by atoms with Crippen LogP contribution in [0.5, 0.6) is 0 Å². The van der Waals surface area contributed by atoms with Crippen molar-refractivity contribution in [2.45, 2.75) is 6.42 Å². The minimum Gasteiger partial charge on any atom is -0.322 e. The van der Waals surface area contributed by atoms with Gasteiger partial charge in [0.1, 0.15) is 5.84 Å². The average molecular weight is 143 g/mol. The predicted octanol–water partition coefficient (Wildman–Crippen LogP) is -1.67. The third-order valence-corrected chi connectivity index (χ3v) is 1.73. The molecule has 1 aliphatic heterocycles. The Hall–Kier alpha value is -0.810. The molecule has 0 saturated carbocycles. The van der Waals surface area contributed by atoms with Crippen LogP contribution in [0.15, 0.2) is 5.10 Å². The number of hydrogen-bond donors (Lipinski definition) is 4. The molecule has 1 heterocycles. The molecule has 0 aromatic rings. The lowest BCUT2D eigenvalue weighted by Gasteiger charge is -2.08. The number of hydrazine groups is 1. The Morgan fingerprint density at radius 3 is 2.90 bits per heavy atom. The molecule has 5 heteroatoms. The summed E-state index contributed by atoms with van der Waals surface area (Å²) >= 11 is 0. The van der Waals surface area contributed by atoms with E-state index >= 15 is 0 Å². The van der Waals surface area contributed by atoms with Gasteiger partial charge in [-0.2, -0.15) is 5.10 Å². The number of rotatable bonds is 1. The molecular formula is C5H13N5. The van der Waals surface area contributed by atoms with Crippen LogP contribution < -0.4 is 22.4 Å². The number of nitrogens with zero attached hydrogens (tertiary/aromatic N) is 1. The Kier molecular flexibility index (Phi) is 2.47. The Balaban J connectivity index is 2.45. The monoisotopic (exact) mass is 143 g/mol. The van der Waals surface area contributed by atoms with Gasteiger partial charge in [-0.15, -0.1) is 0 Å². The van der Waals surface area contributed by atoms with Crippen molar-refractivity contribution in [3.63, 3.8) is 0 Å². The van der Waals surface area contributed by atoms with Gasteiger partial charge in [0.15, 0.2) is 0 Å². The van der Waals surface area contributed by atoms with Crippen LogP contribution in [0.1, 0.15) is 6.42 Å². The van der Waals surface area contributed by atoms with E-state index < -0.39 is 0 Å². The maximum Gasteiger partial charge on any atom is 0.140 e. The number of nitrogens with two attached hydrogens (primary N) is 2. The van der Waals surface area contributed by atoms with Gasteiger partial charge in [-0.05, 0) is 13.0 Å². The van der Waals surface area contributed by atoms with E-state index in [-0.39, 0.29) is 0 Å². The zero-order valence-corrected chi connectivity index (χ0v) is 5.80. The van der Waals surface area contributed by atoms with Gasteiger partial charge in [-0.3, -0.25) is 0 Å². The third-order valence-electron chi connectivity index (χ3n) is 1.73. The molecule has 1 saturated heterocycles. The van der Waals surface area contributed by atoms with Crippen molar-refractivity contribution in [3.05, 3.63) is 0 Å². The van der Waals surface area contributed by atoms with E-state index in [4.69, 9.17) is 11.7 Å². The summed E-state index contributed by atoms with van der Waals surface area (Å²) in [6.07, 6.45) is 1.06. The van der Waals surface area contributed by atoms with Gasteiger partial charge in [-0.1, -0.05) is 0 Å². The molecule has 10 heavy (non-hydrogen) atoms. The zero-order chi connectivity index (χ0) is 7.40. The van der Waals surface area contributed by atoms with Gasteiger partial charge in [0.2, 0.25) is 0 Å². The standard InChI is InChI=1S/C5H13N5/c6-9-5(10-7)4-1-2-8-3-4/h4,8H,1-3,6-7H2,(H,9,10). The molecule has 5 nitrogen and oxygen atoms in total. The lowest BCUT2D eigenvalue weighted by Crippen LogP contribution is -2.37. The van der Waals surface area contributed by atoms with Crippen LogP contribution in [-0.4, -0.2) is 18.9 Å². The van der Waals surface area contributed by atoms with Gasteiger partial charge in [0.25, 0.3) is 0 Å². The Labute approximate surface area is 59.8 Å². The molecule has 1 fully saturated rings. The minimum atomic E-state index is 0.370. The molecule has 1 atom stereocenters. The van der Waals surface area contributed by atoms with Gasteiger partial charge in [-0.25, -0.2) is 5.84 Å². The van der Waals surface area contributed by atoms with Gasteiger partial charge >= 0.3 is 0 Å². The van der Waals surface area contributed by atoms with Crippen molar-refractivity contribution in [2.24, 2.45) is 22.7 Å². The van der Waals surface area contributed by atoms with E-state index in [1.807, 2.05) is 0 Å². The van der Waals surface area contributed by atoms with E-state index in [1.54, 1.807) is 0 Å². The van der Waals surface area contributed by atoms with Gasteiger partial charge in [0.05, 0.1) is 0 Å². The maximum atomic E-state index is 5.17. The van der Waals surface area contributed by atoms with E-state index in [2.05, 4.69) is 15.8 Å². The summed E-state index contributed by atoms with van der Waals surface area (Å²) < 4.78 is 0. The molecule has 0 bridgehead atoms. The maximum absolute atomic E-state index is 5.17. The van der Waals surface area contributed by atoms with E-state index in [0.717, 1.165) is 19.5 Å². The van der Waals surface area contributed by atoms with Crippen LogP contribution in [0.25, 0.3) is 0 Å². The second-order valence-electron chi connectivity index (χ2n) is 2.35. The predicted molar refractivity (Wildman–Crippen MR) is 39.9 cm³/mol. The lowest BCUT2D eigenvalue weighted by molar-refractivity contribution is 0.726. The molecule has 58 valence electrons. The van der Waals surface area contributed by atoms with Crippen molar-refractivity contribution >= 4 is 5.84 Å². The molecule has 0 aromatic heterocycles. The fraction of sp³-hybridized carbons (Fsp3) is 0.800. The summed E-state index contributed by atoms with van der Waals surface area (Å²) in [5, 5.41) is 6.72. The van der Waals surface area contributed by atoms with E-state index in [0.29, 0.717) is 11.8 Å². The first-order chi connectivity index (χ1) is 4.88. The number of hydrazone groups is 1. The summed E-state index contributed by atoms with van der Waals surface area (Å²) in [6, 6.07) is 0. The molecule has 0 aliphatic carbocycles. The first-order valence-electron chi connectivity index (χ1n) is 3.33. The van der Waals surface area contributed by atoms with Crippen LogP contribution in [0.3, 0.4) is 0 Å². The van der Waals surface area contributed by atoms with Gasteiger partial charge in [0, 0.05) is 12.5 Å². The average Bonchev–Trinajstić information content (AvgIpc) is 2.43. The highest BCUT2D eigenvalue weighted by molar-refractivity contribution is 5.84. The molecule has 0 aromatic carbocycles. The molecule has 1 rings (SSSR count). The number of amidine groups is 1. The van der Waals surface area contributed by atoms with Crippen molar-refractivity contribution in [3.8, 4) is 0 Å². The van der Waals surface area contributed by atoms with Crippen molar-refractivity contribution in [1.82, 2.24) is 10.7 Å². The molecule has 0 amide bonds.